The third kappa shape index (κ3) is 6.17. The summed E-state index contributed by atoms with van der Waals surface area (Å²) in [6.07, 6.45) is 0. The van der Waals surface area contributed by atoms with Crippen molar-refractivity contribution >= 4 is 23.3 Å². The van der Waals surface area contributed by atoms with E-state index in [-0.39, 0.29) is 0 Å². The van der Waals surface area contributed by atoms with E-state index in [4.69, 9.17) is 4.74 Å². The molecule has 0 bridgehead atoms. The van der Waals surface area contributed by atoms with Crippen LogP contribution in [0.5, 0.6) is 11.5 Å². The van der Waals surface area contributed by atoms with E-state index in [2.05, 4.69) is 10.6 Å². The lowest BCUT2D eigenvalue weighted by Gasteiger charge is -2.17. The van der Waals surface area contributed by atoms with Gasteiger partial charge in [0.1, 0.15) is 11.5 Å². The SMILES string of the molecule is O=C(O)[C@H](Nc1ccc(Oc2ccc(N[C@@H](C(=O)O)c3ccccc3)cc2)cc1)c1ccccc1. The molecule has 0 aliphatic rings. The zero-order valence-electron chi connectivity index (χ0n) is 18.7. The summed E-state index contributed by atoms with van der Waals surface area (Å²) in [4.78, 5) is 23.4. The van der Waals surface area contributed by atoms with Crippen LogP contribution in [0.3, 0.4) is 0 Å². The van der Waals surface area contributed by atoms with Gasteiger partial charge in [0.2, 0.25) is 0 Å². The minimum Gasteiger partial charge on any atom is -0.479 e. The second-order valence-electron chi connectivity index (χ2n) is 7.80. The Kier molecular flexibility index (Phi) is 7.28. The van der Waals surface area contributed by atoms with Crippen LogP contribution < -0.4 is 15.4 Å². The summed E-state index contributed by atoms with van der Waals surface area (Å²) in [5.74, 6) is -0.781. The van der Waals surface area contributed by atoms with E-state index >= 15 is 0 Å². The minimum atomic E-state index is -0.970. The first-order chi connectivity index (χ1) is 17.0. The van der Waals surface area contributed by atoms with Crippen LogP contribution in [0, 0.1) is 0 Å². The Morgan fingerprint density at radius 1 is 0.543 bits per heavy atom. The Morgan fingerprint density at radius 3 is 1.20 bits per heavy atom. The standard InChI is InChI=1S/C28H24N2O5/c31-27(32)25(19-7-3-1-4-8-19)29-21-11-15-23(16-12-21)35-24-17-13-22(14-18-24)30-26(28(33)34)20-9-5-2-6-10-20/h1-18,25-26,29-30H,(H,31,32)(H,33,34)/t25-,26-/m1/s1. The average Bonchev–Trinajstić information content (AvgIpc) is 2.88. The van der Waals surface area contributed by atoms with E-state index in [0.29, 0.717) is 34.0 Å². The lowest BCUT2D eigenvalue weighted by molar-refractivity contribution is -0.139. The summed E-state index contributed by atoms with van der Waals surface area (Å²) in [5.41, 5.74) is 2.61. The van der Waals surface area contributed by atoms with E-state index in [1.807, 2.05) is 12.1 Å². The summed E-state index contributed by atoms with van der Waals surface area (Å²) in [5, 5.41) is 25.2. The van der Waals surface area contributed by atoms with Gasteiger partial charge < -0.3 is 25.6 Å². The molecule has 4 N–H and O–H groups in total. The van der Waals surface area contributed by atoms with Crippen LogP contribution in [0.2, 0.25) is 0 Å². The lowest BCUT2D eigenvalue weighted by Crippen LogP contribution is -2.20. The van der Waals surface area contributed by atoms with Crippen molar-refractivity contribution in [1.29, 1.82) is 0 Å². The number of hydrogen-bond donors (Lipinski definition) is 4. The third-order valence-corrected chi connectivity index (χ3v) is 5.33. The zero-order valence-corrected chi connectivity index (χ0v) is 18.7. The number of aliphatic carboxylic acids is 2. The van der Waals surface area contributed by atoms with Crippen LogP contribution in [-0.4, -0.2) is 22.2 Å². The normalized spacial score (nSPS) is 12.2. The summed E-state index contributed by atoms with van der Waals surface area (Å²) in [6.45, 7) is 0. The van der Waals surface area contributed by atoms with E-state index < -0.39 is 24.0 Å². The van der Waals surface area contributed by atoms with Crippen molar-refractivity contribution in [1.82, 2.24) is 0 Å². The molecule has 0 aromatic heterocycles. The highest BCUT2D eigenvalue weighted by atomic mass is 16.5. The zero-order chi connectivity index (χ0) is 24.6. The van der Waals surface area contributed by atoms with Crippen molar-refractivity contribution in [2.24, 2.45) is 0 Å². The molecule has 0 spiro atoms. The average molecular weight is 469 g/mol. The number of carbonyl (C=O) groups is 2. The number of nitrogens with one attached hydrogen (secondary N) is 2. The van der Waals surface area contributed by atoms with Crippen LogP contribution in [-0.2, 0) is 9.59 Å². The summed E-state index contributed by atoms with van der Waals surface area (Å²) in [6, 6.07) is 30.2. The van der Waals surface area contributed by atoms with Gasteiger partial charge in [0.15, 0.2) is 12.1 Å². The molecule has 0 aliphatic heterocycles. The predicted octanol–water partition coefficient (Wildman–Crippen LogP) is 5.95. The van der Waals surface area contributed by atoms with Crippen LogP contribution >= 0.6 is 0 Å². The molecule has 0 amide bonds. The second kappa shape index (κ2) is 10.9. The fourth-order valence-corrected chi connectivity index (χ4v) is 3.57. The van der Waals surface area contributed by atoms with Crippen molar-refractivity contribution in [2.45, 2.75) is 12.1 Å². The van der Waals surface area contributed by atoms with Crippen molar-refractivity contribution < 1.29 is 24.5 Å². The van der Waals surface area contributed by atoms with Gasteiger partial charge in [-0.25, -0.2) is 9.59 Å². The second-order valence-corrected chi connectivity index (χ2v) is 7.80. The number of carboxylic acids is 2. The molecular formula is C28H24N2O5. The highest BCUT2D eigenvalue weighted by Gasteiger charge is 2.20. The van der Waals surface area contributed by atoms with Gasteiger partial charge >= 0.3 is 11.9 Å². The maximum absolute atomic E-state index is 11.7. The topological polar surface area (TPSA) is 108 Å². The third-order valence-electron chi connectivity index (χ3n) is 5.33. The van der Waals surface area contributed by atoms with Crippen LogP contribution in [0.15, 0.2) is 109 Å². The molecule has 2 atom stereocenters. The van der Waals surface area contributed by atoms with E-state index in [9.17, 15) is 19.8 Å². The number of rotatable bonds is 10. The first-order valence-corrected chi connectivity index (χ1v) is 11.0. The Balaban J connectivity index is 1.39. The van der Waals surface area contributed by atoms with Gasteiger partial charge in [-0.05, 0) is 59.7 Å². The van der Waals surface area contributed by atoms with Crippen molar-refractivity contribution in [3.63, 3.8) is 0 Å². The van der Waals surface area contributed by atoms with E-state index in [0.717, 1.165) is 0 Å². The van der Waals surface area contributed by atoms with Crippen molar-refractivity contribution in [3.05, 3.63) is 120 Å². The molecule has 0 fully saturated rings. The van der Waals surface area contributed by atoms with Crippen LogP contribution in [0.1, 0.15) is 23.2 Å². The summed E-state index contributed by atoms with van der Waals surface area (Å²) in [7, 11) is 0. The molecule has 0 radical (unpaired) electrons. The Morgan fingerprint density at radius 2 is 0.886 bits per heavy atom. The fourth-order valence-electron chi connectivity index (χ4n) is 3.57. The summed E-state index contributed by atoms with van der Waals surface area (Å²) >= 11 is 0. The molecule has 0 unspecified atom stereocenters. The maximum atomic E-state index is 11.7. The highest BCUT2D eigenvalue weighted by Crippen LogP contribution is 2.27. The molecule has 4 rings (SSSR count). The Labute approximate surface area is 202 Å². The van der Waals surface area contributed by atoms with Gasteiger partial charge in [-0.2, -0.15) is 0 Å². The van der Waals surface area contributed by atoms with Crippen molar-refractivity contribution in [2.75, 3.05) is 10.6 Å². The molecule has 7 heteroatoms. The number of hydrogen-bond acceptors (Lipinski definition) is 5. The molecule has 0 saturated carbocycles. The lowest BCUT2D eigenvalue weighted by atomic mass is 10.1. The maximum Gasteiger partial charge on any atom is 0.330 e. The minimum absolute atomic E-state index is 0.579. The summed E-state index contributed by atoms with van der Waals surface area (Å²) < 4.78 is 5.87. The molecule has 35 heavy (non-hydrogen) atoms. The monoisotopic (exact) mass is 468 g/mol. The molecule has 0 aliphatic carbocycles. The number of ether oxygens (including phenoxy) is 1. The van der Waals surface area contributed by atoms with Crippen molar-refractivity contribution in [3.8, 4) is 11.5 Å². The van der Waals surface area contributed by atoms with Gasteiger partial charge in [-0.1, -0.05) is 60.7 Å². The van der Waals surface area contributed by atoms with E-state index in [1.165, 1.54) is 0 Å². The molecule has 0 saturated heterocycles. The van der Waals surface area contributed by atoms with Gasteiger partial charge in [0, 0.05) is 11.4 Å². The number of benzene rings is 4. The van der Waals surface area contributed by atoms with Gasteiger partial charge in [-0.15, -0.1) is 0 Å². The molecular weight excluding hydrogens is 444 g/mol. The van der Waals surface area contributed by atoms with Gasteiger partial charge in [0.05, 0.1) is 0 Å². The molecule has 4 aromatic carbocycles. The first kappa shape index (κ1) is 23.4. The number of carboxylic acid groups (broad SMARTS) is 2. The van der Waals surface area contributed by atoms with Gasteiger partial charge in [-0.3, -0.25) is 0 Å². The molecule has 7 nitrogen and oxygen atoms in total. The fraction of sp³-hybridized carbons (Fsp3) is 0.0714. The smallest absolute Gasteiger partial charge is 0.330 e. The van der Waals surface area contributed by atoms with Crippen LogP contribution in [0.25, 0.3) is 0 Å². The highest BCUT2D eigenvalue weighted by molar-refractivity contribution is 5.80. The molecule has 176 valence electrons. The molecule has 0 heterocycles. The van der Waals surface area contributed by atoms with Gasteiger partial charge in [0.25, 0.3) is 0 Å². The number of anilines is 2. The predicted molar refractivity (Wildman–Crippen MR) is 134 cm³/mol. The first-order valence-electron chi connectivity index (χ1n) is 11.0. The van der Waals surface area contributed by atoms with E-state index in [1.54, 1.807) is 97.1 Å². The Hall–Kier alpha value is -4.78. The quantitative estimate of drug-likeness (QED) is 0.228. The Bertz CT molecular complexity index is 1160. The largest absolute Gasteiger partial charge is 0.479 e. The van der Waals surface area contributed by atoms with Crippen LogP contribution in [0.4, 0.5) is 11.4 Å². The molecule has 4 aromatic rings.